The highest BCUT2D eigenvalue weighted by atomic mass is 79.9. The number of benzene rings is 3. The monoisotopic (exact) mass is 532 g/mol. The summed E-state index contributed by atoms with van der Waals surface area (Å²) in [6.45, 7) is -0.0242. The molecule has 0 amide bonds. The van der Waals surface area contributed by atoms with Gasteiger partial charge in [0.15, 0.2) is 5.92 Å². The van der Waals surface area contributed by atoms with E-state index < -0.39 is 23.8 Å². The van der Waals surface area contributed by atoms with Crippen molar-refractivity contribution in [1.29, 1.82) is 5.26 Å². The minimum absolute atomic E-state index is 0.00973. The molecule has 0 aliphatic carbocycles. The molecule has 0 fully saturated rings. The first-order chi connectivity index (χ1) is 17.0. The number of halogens is 1. The first-order valence-electron chi connectivity index (χ1n) is 10.8. The van der Waals surface area contributed by atoms with Gasteiger partial charge in [0.05, 0.1) is 12.0 Å². The maximum atomic E-state index is 13.2. The highest BCUT2D eigenvalue weighted by molar-refractivity contribution is 9.10. The summed E-state index contributed by atoms with van der Waals surface area (Å²) in [5.41, 5.74) is 8.02. The quantitative estimate of drug-likeness (QED) is 0.438. The molecule has 0 saturated carbocycles. The Hall–Kier alpha value is -4.09. The second kappa shape index (κ2) is 10.9. The minimum Gasteiger partial charge on any atom is -0.460 e. The number of rotatable bonds is 7. The number of fused-ring (bicyclic) bond motifs is 1. The largest absolute Gasteiger partial charge is 0.460 e. The van der Waals surface area contributed by atoms with Crippen LogP contribution in [-0.4, -0.2) is 11.9 Å². The fraction of sp³-hybridized carbons (Fsp3) is 0.148. The summed E-state index contributed by atoms with van der Waals surface area (Å²) in [4.78, 5) is 26.3. The van der Waals surface area contributed by atoms with E-state index in [1.165, 1.54) is 0 Å². The van der Waals surface area contributed by atoms with Crippen LogP contribution in [0, 0.1) is 17.2 Å². The molecule has 0 radical (unpaired) electrons. The molecular weight excluding hydrogens is 512 g/mol. The number of ether oxygens (including phenoxy) is 3. The third-order valence-corrected chi connectivity index (χ3v) is 5.98. The molecule has 7 nitrogen and oxygen atoms in total. The number of nitrogens with zero attached hydrogens (tertiary/aromatic N) is 1. The fourth-order valence-corrected chi connectivity index (χ4v) is 4.17. The van der Waals surface area contributed by atoms with Crippen molar-refractivity contribution in [3.05, 3.63) is 111 Å². The standard InChI is InChI=1S/C27H21BrN2O5/c28-19-11-12-22-20(13-19)23(21(14-29)26(31)33-15-17-7-3-1-4-8-17)24(25(30)35-22)27(32)34-16-18-9-5-2-6-10-18/h1-13,21,23H,15-16,30H2. The molecule has 1 aliphatic rings. The number of nitrogens with two attached hydrogens (primary N) is 1. The minimum atomic E-state index is -1.37. The lowest BCUT2D eigenvalue weighted by molar-refractivity contribution is -0.148. The molecule has 0 spiro atoms. The van der Waals surface area contributed by atoms with E-state index in [-0.39, 0.29) is 24.7 Å². The predicted molar refractivity (Wildman–Crippen MR) is 130 cm³/mol. The smallest absolute Gasteiger partial charge is 0.340 e. The van der Waals surface area contributed by atoms with E-state index in [1.807, 2.05) is 54.6 Å². The summed E-state index contributed by atoms with van der Waals surface area (Å²) in [5, 5.41) is 10.0. The van der Waals surface area contributed by atoms with Gasteiger partial charge in [-0.15, -0.1) is 0 Å². The zero-order chi connectivity index (χ0) is 24.8. The number of carbonyl (C=O) groups is 2. The van der Waals surface area contributed by atoms with Crippen LogP contribution in [0.15, 0.2) is 94.8 Å². The second-order valence-corrected chi connectivity index (χ2v) is 8.72. The Labute approximate surface area is 210 Å². The molecule has 2 N–H and O–H groups in total. The first kappa shape index (κ1) is 24.0. The van der Waals surface area contributed by atoms with Gasteiger partial charge in [-0.1, -0.05) is 76.6 Å². The zero-order valence-corrected chi connectivity index (χ0v) is 20.1. The lowest BCUT2D eigenvalue weighted by atomic mass is 9.79. The third-order valence-electron chi connectivity index (χ3n) is 5.49. The van der Waals surface area contributed by atoms with Crippen molar-refractivity contribution in [2.24, 2.45) is 11.7 Å². The highest BCUT2D eigenvalue weighted by Crippen LogP contribution is 2.44. The van der Waals surface area contributed by atoms with E-state index in [1.54, 1.807) is 30.3 Å². The maximum Gasteiger partial charge on any atom is 0.340 e. The average molecular weight is 533 g/mol. The van der Waals surface area contributed by atoms with E-state index in [4.69, 9.17) is 19.9 Å². The summed E-state index contributed by atoms with van der Waals surface area (Å²) >= 11 is 3.40. The second-order valence-electron chi connectivity index (χ2n) is 7.80. The van der Waals surface area contributed by atoms with E-state index in [0.717, 1.165) is 11.1 Å². The van der Waals surface area contributed by atoms with Crippen LogP contribution in [0.1, 0.15) is 22.6 Å². The molecule has 1 aliphatic heterocycles. The van der Waals surface area contributed by atoms with Crippen molar-refractivity contribution >= 4 is 27.9 Å². The van der Waals surface area contributed by atoms with E-state index in [0.29, 0.717) is 15.8 Å². The normalized spacial score (nSPS) is 15.3. The lowest BCUT2D eigenvalue weighted by Crippen LogP contribution is -2.33. The molecule has 0 aromatic heterocycles. The Balaban J connectivity index is 1.65. The van der Waals surface area contributed by atoms with Crippen LogP contribution in [0.4, 0.5) is 0 Å². The molecule has 35 heavy (non-hydrogen) atoms. The Kier molecular flexibility index (Phi) is 7.48. The Morgan fingerprint density at radius 2 is 1.57 bits per heavy atom. The van der Waals surface area contributed by atoms with Gasteiger partial charge in [-0.3, -0.25) is 4.79 Å². The lowest BCUT2D eigenvalue weighted by Gasteiger charge is -2.30. The Bertz CT molecular complexity index is 1300. The summed E-state index contributed by atoms with van der Waals surface area (Å²) in [5.74, 6) is -3.86. The van der Waals surface area contributed by atoms with Gasteiger partial charge in [0.1, 0.15) is 24.5 Å². The van der Waals surface area contributed by atoms with Crippen LogP contribution in [0.25, 0.3) is 0 Å². The number of nitriles is 1. The van der Waals surface area contributed by atoms with Gasteiger partial charge in [-0.2, -0.15) is 5.26 Å². The molecule has 3 aromatic carbocycles. The van der Waals surface area contributed by atoms with Crippen LogP contribution in [-0.2, 0) is 32.3 Å². The Morgan fingerprint density at radius 3 is 2.17 bits per heavy atom. The highest BCUT2D eigenvalue weighted by Gasteiger charge is 2.43. The van der Waals surface area contributed by atoms with E-state index in [9.17, 15) is 14.9 Å². The third kappa shape index (κ3) is 5.53. The van der Waals surface area contributed by atoms with Gasteiger partial charge in [-0.25, -0.2) is 4.79 Å². The summed E-state index contributed by atoms with van der Waals surface area (Å²) in [6.07, 6.45) is 0. The zero-order valence-electron chi connectivity index (χ0n) is 18.5. The van der Waals surface area contributed by atoms with E-state index >= 15 is 0 Å². The van der Waals surface area contributed by atoms with Crippen LogP contribution in [0.2, 0.25) is 0 Å². The Morgan fingerprint density at radius 1 is 0.971 bits per heavy atom. The molecule has 3 aromatic rings. The molecule has 8 heteroatoms. The number of hydrogen-bond donors (Lipinski definition) is 1. The van der Waals surface area contributed by atoms with Crippen LogP contribution >= 0.6 is 15.9 Å². The molecule has 2 unspecified atom stereocenters. The fourth-order valence-electron chi connectivity index (χ4n) is 3.79. The van der Waals surface area contributed by atoms with Crippen molar-refractivity contribution in [2.45, 2.75) is 19.1 Å². The van der Waals surface area contributed by atoms with Crippen LogP contribution < -0.4 is 10.5 Å². The van der Waals surface area contributed by atoms with Crippen LogP contribution in [0.3, 0.4) is 0 Å². The summed E-state index contributed by atoms with van der Waals surface area (Å²) < 4.78 is 17.3. The summed E-state index contributed by atoms with van der Waals surface area (Å²) in [7, 11) is 0. The van der Waals surface area contributed by atoms with Crippen molar-refractivity contribution in [2.75, 3.05) is 0 Å². The maximum absolute atomic E-state index is 13.2. The SMILES string of the molecule is N#CC(C(=O)OCc1ccccc1)C1C(C(=O)OCc2ccccc2)=C(N)Oc2ccc(Br)cc21. The van der Waals surface area contributed by atoms with Crippen molar-refractivity contribution in [3.8, 4) is 11.8 Å². The van der Waals surface area contributed by atoms with E-state index in [2.05, 4.69) is 15.9 Å². The van der Waals surface area contributed by atoms with Gasteiger partial charge in [0.2, 0.25) is 5.88 Å². The van der Waals surface area contributed by atoms with Gasteiger partial charge < -0.3 is 19.9 Å². The predicted octanol–water partition coefficient (Wildman–Crippen LogP) is 4.72. The molecular formula is C27H21BrN2O5. The van der Waals surface area contributed by atoms with Crippen molar-refractivity contribution < 1.29 is 23.8 Å². The van der Waals surface area contributed by atoms with Gasteiger partial charge >= 0.3 is 11.9 Å². The average Bonchev–Trinajstić information content (AvgIpc) is 2.88. The van der Waals surface area contributed by atoms with Gasteiger partial charge in [0, 0.05) is 10.0 Å². The number of esters is 2. The van der Waals surface area contributed by atoms with Crippen molar-refractivity contribution in [3.63, 3.8) is 0 Å². The van der Waals surface area contributed by atoms with Crippen molar-refractivity contribution in [1.82, 2.24) is 0 Å². The molecule has 176 valence electrons. The van der Waals surface area contributed by atoms with Crippen LogP contribution in [0.5, 0.6) is 5.75 Å². The molecule has 0 bridgehead atoms. The number of hydrogen-bond acceptors (Lipinski definition) is 7. The van der Waals surface area contributed by atoms with Gasteiger partial charge in [0.25, 0.3) is 0 Å². The molecule has 2 atom stereocenters. The molecule has 0 saturated heterocycles. The topological polar surface area (TPSA) is 112 Å². The number of carbonyl (C=O) groups excluding carboxylic acids is 2. The first-order valence-corrected chi connectivity index (χ1v) is 11.6. The summed E-state index contributed by atoms with van der Waals surface area (Å²) in [6, 6.07) is 25.3. The molecule has 4 rings (SSSR count). The molecule has 1 heterocycles. The van der Waals surface area contributed by atoms with Gasteiger partial charge in [-0.05, 0) is 29.3 Å².